The zero-order valence-electron chi connectivity index (χ0n) is 15.0. The Morgan fingerprint density at radius 1 is 1.46 bits per heavy atom. The van der Waals surface area contributed by atoms with E-state index in [1.807, 2.05) is 0 Å². The lowest BCUT2D eigenvalue weighted by Gasteiger charge is -2.19. The van der Waals surface area contributed by atoms with E-state index in [0.717, 1.165) is 0 Å². The molecule has 0 atom stereocenters. The zero-order chi connectivity index (χ0) is 20.7. The molecule has 28 heavy (non-hydrogen) atoms. The molecule has 0 spiro atoms. The summed E-state index contributed by atoms with van der Waals surface area (Å²) in [4.78, 5) is 22.7. The minimum atomic E-state index is -4.33. The fourth-order valence-electron chi connectivity index (χ4n) is 2.16. The molecular formula is C16H17ClF3N5O2S. The minimum Gasteiger partial charge on any atom is -0.398 e. The number of pyridine rings is 1. The fourth-order valence-corrected chi connectivity index (χ4v) is 3.28. The van der Waals surface area contributed by atoms with E-state index in [4.69, 9.17) is 11.6 Å². The normalized spacial score (nSPS) is 12.1. The average molecular weight is 436 g/mol. The number of amides is 1. The van der Waals surface area contributed by atoms with Crippen molar-refractivity contribution in [1.82, 2.24) is 14.8 Å². The number of halogens is 4. The molecule has 2 aromatic rings. The van der Waals surface area contributed by atoms with E-state index in [-0.39, 0.29) is 22.5 Å². The molecule has 0 unspecified atom stereocenters. The second-order valence-electron chi connectivity index (χ2n) is 5.30. The Balaban J connectivity index is 2.24. The highest BCUT2D eigenvalue weighted by Gasteiger charge is 2.29. The molecule has 2 aromatic heterocycles. The van der Waals surface area contributed by atoms with Crippen molar-refractivity contribution in [2.45, 2.75) is 19.5 Å². The van der Waals surface area contributed by atoms with Crippen molar-refractivity contribution in [1.29, 1.82) is 0 Å². The number of oxime groups is 1. The second-order valence-corrected chi connectivity index (χ2v) is 6.74. The van der Waals surface area contributed by atoms with E-state index < -0.39 is 18.5 Å². The molecule has 0 aliphatic rings. The summed E-state index contributed by atoms with van der Waals surface area (Å²) in [6.45, 7) is 1.89. The standard InChI is InChI=1S/C16H17ClF3N5O2S/c1-3-24(15(26)14(23-27-2)28-8-6-16(18,19)20)12-10-25(22-13(12)17)11-5-4-7-21-9-11/h4-5,7,9-10H,3,6,8H2,1-2H3. The van der Waals surface area contributed by atoms with Crippen molar-refractivity contribution < 1.29 is 22.8 Å². The van der Waals surface area contributed by atoms with Crippen LogP contribution in [0.4, 0.5) is 18.9 Å². The van der Waals surface area contributed by atoms with Gasteiger partial charge in [-0.05, 0) is 19.1 Å². The van der Waals surface area contributed by atoms with E-state index in [0.29, 0.717) is 23.1 Å². The summed E-state index contributed by atoms with van der Waals surface area (Å²) in [6, 6.07) is 3.47. The van der Waals surface area contributed by atoms with Crippen molar-refractivity contribution in [3.05, 3.63) is 35.9 Å². The molecule has 152 valence electrons. The first-order chi connectivity index (χ1) is 13.3. The SMILES string of the molecule is CCN(C(=O)C(=NOC)SCCC(F)(F)F)c1cn(-c2cccnc2)nc1Cl. The number of rotatable bonds is 6. The highest BCUT2D eigenvalue weighted by Crippen LogP contribution is 2.28. The number of carbonyl (C=O) groups is 1. The molecule has 0 aliphatic heterocycles. The molecule has 0 N–H and O–H groups in total. The molecule has 0 saturated carbocycles. The van der Waals surface area contributed by atoms with Gasteiger partial charge in [0.25, 0.3) is 5.91 Å². The monoisotopic (exact) mass is 435 g/mol. The number of carbonyl (C=O) groups excluding carboxylic acids is 1. The Hall–Kier alpha value is -2.27. The maximum absolute atomic E-state index is 12.8. The minimum absolute atomic E-state index is 0.0520. The van der Waals surface area contributed by atoms with Crippen molar-refractivity contribution in [3.63, 3.8) is 0 Å². The number of nitrogens with zero attached hydrogens (tertiary/aromatic N) is 5. The molecule has 2 rings (SSSR count). The zero-order valence-corrected chi connectivity index (χ0v) is 16.6. The van der Waals surface area contributed by atoms with Crippen LogP contribution in [0.1, 0.15) is 13.3 Å². The summed E-state index contributed by atoms with van der Waals surface area (Å²) in [5.74, 6) is -0.998. The molecule has 0 saturated heterocycles. The van der Waals surface area contributed by atoms with Crippen LogP contribution in [-0.2, 0) is 9.63 Å². The Kier molecular flexibility index (Phi) is 7.69. The quantitative estimate of drug-likeness (QED) is 0.390. The third-order valence-corrected chi connectivity index (χ3v) is 4.60. The fraction of sp³-hybridized carbons (Fsp3) is 0.375. The van der Waals surface area contributed by atoms with Crippen LogP contribution in [-0.4, -0.2) is 51.3 Å². The molecule has 1 amide bonds. The summed E-state index contributed by atoms with van der Waals surface area (Å²) in [5.41, 5.74) is 0.919. The van der Waals surface area contributed by atoms with Gasteiger partial charge in [0.2, 0.25) is 5.04 Å². The summed E-state index contributed by atoms with van der Waals surface area (Å²) < 4.78 is 38.6. The van der Waals surface area contributed by atoms with Gasteiger partial charge in [-0.1, -0.05) is 28.5 Å². The summed E-state index contributed by atoms with van der Waals surface area (Å²) in [5, 5.41) is 7.57. The topological polar surface area (TPSA) is 72.6 Å². The Bertz CT molecular complexity index is 829. The summed E-state index contributed by atoms with van der Waals surface area (Å²) in [7, 11) is 1.21. The molecule has 7 nitrogen and oxygen atoms in total. The van der Waals surface area contributed by atoms with Crippen LogP contribution in [0.15, 0.2) is 35.9 Å². The van der Waals surface area contributed by atoms with Crippen molar-refractivity contribution in [3.8, 4) is 5.69 Å². The van der Waals surface area contributed by atoms with Crippen LogP contribution in [0, 0.1) is 0 Å². The first kappa shape index (κ1) is 22.0. The largest absolute Gasteiger partial charge is 0.398 e. The maximum Gasteiger partial charge on any atom is 0.389 e. The van der Waals surface area contributed by atoms with Gasteiger partial charge in [-0.25, -0.2) is 4.68 Å². The lowest BCUT2D eigenvalue weighted by molar-refractivity contribution is -0.129. The lowest BCUT2D eigenvalue weighted by Crippen LogP contribution is -2.35. The van der Waals surface area contributed by atoms with Gasteiger partial charge in [-0.15, -0.1) is 0 Å². The van der Waals surface area contributed by atoms with E-state index in [1.54, 1.807) is 31.5 Å². The molecule has 0 bridgehead atoms. The Morgan fingerprint density at radius 2 is 2.21 bits per heavy atom. The summed E-state index contributed by atoms with van der Waals surface area (Å²) >= 11 is 6.85. The van der Waals surface area contributed by atoms with E-state index in [9.17, 15) is 18.0 Å². The maximum atomic E-state index is 12.8. The Labute approximate surface area is 168 Å². The number of hydrogen-bond acceptors (Lipinski definition) is 6. The molecular weight excluding hydrogens is 419 g/mol. The molecule has 2 heterocycles. The van der Waals surface area contributed by atoms with Gasteiger partial charge in [0.1, 0.15) is 12.8 Å². The second kappa shape index (κ2) is 9.78. The third kappa shape index (κ3) is 5.86. The molecule has 12 heteroatoms. The van der Waals surface area contributed by atoms with Gasteiger partial charge in [0.15, 0.2) is 5.15 Å². The number of aromatic nitrogens is 3. The van der Waals surface area contributed by atoms with E-state index in [1.165, 1.54) is 22.9 Å². The van der Waals surface area contributed by atoms with Crippen molar-refractivity contribution >= 4 is 40.0 Å². The third-order valence-electron chi connectivity index (χ3n) is 3.40. The van der Waals surface area contributed by atoms with E-state index in [2.05, 4.69) is 20.1 Å². The van der Waals surface area contributed by atoms with Gasteiger partial charge in [0, 0.05) is 18.5 Å². The highest BCUT2D eigenvalue weighted by atomic mass is 35.5. The van der Waals surface area contributed by atoms with Crippen molar-refractivity contribution in [2.24, 2.45) is 5.16 Å². The first-order valence-electron chi connectivity index (χ1n) is 8.05. The van der Waals surface area contributed by atoms with Crippen LogP contribution in [0.2, 0.25) is 5.15 Å². The number of hydrogen-bond donors (Lipinski definition) is 0. The van der Waals surface area contributed by atoms with Crippen LogP contribution >= 0.6 is 23.4 Å². The smallest absolute Gasteiger partial charge is 0.389 e. The molecule has 0 radical (unpaired) electrons. The van der Waals surface area contributed by atoms with Gasteiger partial charge in [-0.2, -0.15) is 18.3 Å². The predicted molar refractivity (Wildman–Crippen MR) is 102 cm³/mol. The van der Waals surface area contributed by atoms with Crippen LogP contribution < -0.4 is 4.90 Å². The van der Waals surface area contributed by atoms with Crippen LogP contribution in [0.5, 0.6) is 0 Å². The van der Waals surface area contributed by atoms with Gasteiger partial charge < -0.3 is 9.74 Å². The van der Waals surface area contributed by atoms with Crippen molar-refractivity contribution in [2.75, 3.05) is 24.3 Å². The molecule has 0 aliphatic carbocycles. The first-order valence-corrected chi connectivity index (χ1v) is 9.41. The van der Waals surface area contributed by atoms with Crippen LogP contribution in [0.3, 0.4) is 0 Å². The van der Waals surface area contributed by atoms with Gasteiger partial charge in [0.05, 0.1) is 24.5 Å². The van der Waals surface area contributed by atoms with E-state index >= 15 is 0 Å². The Morgan fingerprint density at radius 3 is 2.79 bits per heavy atom. The predicted octanol–water partition coefficient (Wildman–Crippen LogP) is 3.92. The number of anilines is 1. The van der Waals surface area contributed by atoms with Gasteiger partial charge in [-0.3, -0.25) is 9.78 Å². The molecule has 0 fully saturated rings. The lowest BCUT2D eigenvalue weighted by atomic mass is 10.4. The highest BCUT2D eigenvalue weighted by molar-refractivity contribution is 8.15. The van der Waals surface area contributed by atoms with Gasteiger partial charge >= 0.3 is 6.18 Å². The number of thioether (sulfide) groups is 1. The van der Waals surface area contributed by atoms with Crippen LogP contribution in [0.25, 0.3) is 5.69 Å². The average Bonchev–Trinajstić information content (AvgIpc) is 3.03. The number of alkyl halides is 3. The molecule has 0 aromatic carbocycles. The summed E-state index contributed by atoms with van der Waals surface area (Å²) in [6.07, 6.45) is -0.684.